The van der Waals surface area contributed by atoms with Crippen molar-refractivity contribution in [2.45, 2.75) is 37.6 Å². The lowest BCUT2D eigenvalue weighted by molar-refractivity contribution is 0.268. The maximum atomic E-state index is 13.9. The van der Waals surface area contributed by atoms with Crippen LogP contribution in [-0.4, -0.2) is 39.0 Å². The smallest absolute Gasteiger partial charge is 0.243 e. The molecule has 0 saturated carbocycles. The van der Waals surface area contributed by atoms with Gasteiger partial charge >= 0.3 is 0 Å². The van der Waals surface area contributed by atoms with E-state index in [0.717, 1.165) is 32.0 Å². The fourth-order valence-electron chi connectivity index (χ4n) is 2.70. The highest BCUT2D eigenvalue weighted by Crippen LogP contribution is 2.22. The van der Waals surface area contributed by atoms with Crippen LogP contribution in [0.1, 0.15) is 25.3 Å². The van der Waals surface area contributed by atoms with Crippen LogP contribution in [-0.2, 0) is 10.0 Å². The van der Waals surface area contributed by atoms with Gasteiger partial charge < -0.3 is 5.73 Å². The Bertz CT molecular complexity index is 619. The maximum absolute atomic E-state index is 13.9. The van der Waals surface area contributed by atoms with E-state index in [2.05, 4.69) is 9.62 Å². The van der Waals surface area contributed by atoms with Crippen molar-refractivity contribution in [3.63, 3.8) is 0 Å². The number of likely N-dealkylation sites (N-methyl/N-ethyl adjacent to an activating group) is 1. The molecule has 0 aromatic heterocycles. The first-order valence-electron chi connectivity index (χ1n) is 7.14. The van der Waals surface area contributed by atoms with E-state index in [1.54, 1.807) is 6.92 Å². The van der Waals surface area contributed by atoms with Crippen molar-refractivity contribution in [3.8, 4) is 0 Å². The molecule has 5 nitrogen and oxygen atoms in total. The second kappa shape index (κ2) is 6.29. The number of nitrogens with two attached hydrogens (primary N) is 1. The highest BCUT2D eigenvalue weighted by atomic mass is 32.2. The third kappa shape index (κ3) is 3.53. The lowest BCUT2D eigenvalue weighted by Gasteiger charge is -2.23. The minimum atomic E-state index is -3.88. The van der Waals surface area contributed by atoms with Gasteiger partial charge in [-0.1, -0.05) is 6.92 Å². The Balaban J connectivity index is 2.14. The van der Waals surface area contributed by atoms with Gasteiger partial charge in [-0.3, -0.25) is 4.90 Å². The summed E-state index contributed by atoms with van der Waals surface area (Å²) in [7, 11) is -3.88. The molecule has 1 aliphatic heterocycles. The van der Waals surface area contributed by atoms with Gasteiger partial charge in [-0.05, 0) is 50.6 Å². The molecule has 0 spiro atoms. The van der Waals surface area contributed by atoms with E-state index in [1.807, 2.05) is 6.92 Å². The molecule has 1 unspecified atom stereocenters. The van der Waals surface area contributed by atoms with Crippen molar-refractivity contribution in [1.82, 2.24) is 9.62 Å². The number of nitrogens with zero attached hydrogens (tertiary/aromatic N) is 1. The number of nitrogens with one attached hydrogen (secondary N) is 1. The molecule has 3 N–H and O–H groups in total. The Morgan fingerprint density at radius 1 is 1.48 bits per heavy atom. The number of sulfonamides is 1. The molecule has 0 aliphatic carbocycles. The van der Waals surface area contributed by atoms with Crippen molar-refractivity contribution in [1.29, 1.82) is 0 Å². The van der Waals surface area contributed by atoms with Gasteiger partial charge in [0, 0.05) is 18.3 Å². The zero-order valence-electron chi connectivity index (χ0n) is 12.4. The summed E-state index contributed by atoms with van der Waals surface area (Å²) < 4.78 is 40.9. The van der Waals surface area contributed by atoms with Crippen LogP contribution in [0.4, 0.5) is 10.1 Å². The summed E-state index contributed by atoms with van der Waals surface area (Å²) in [5.41, 5.74) is 6.48. The summed E-state index contributed by atoms with van der Waals surface area (Å²) in [6, 6.07) is 2.51. The number of benzene rings is 1. The number of hydrogen-bond acceptors (Lipinski definition) is 4. The van der Waals surface area contributed by atoms with E-state index in [4.69, 9.17) is 5.73 Å². The van der Waals surface area contributed by atoms with E-state index >= 15 is 0 Å². The second-order valence-corrected chi connectivity index (χ2v) is 7.15. The second-order valence-electron chi connectivity index (χ2n) is 5.42. The van der Waals surface area contributed by atoms with Crippen molar-refractivity contribution < 1.29 is 12.8 Å². The topological polar surface area (TPSA) is 75.4 Å². The van der Waals surface area contributed by atoms with Crippen molar-refractivity contribution in [3.05, 3.63) is 23.5 Å². The third-order valence-corrected chi connectivity index (χ3v) is 5.46. The Morgan fingerprint density at radius 3 is 2.86 bits per heavy atom. The zero-order chi connectivity index (χ0) is 15.6. The van der Waals surface area contributed by atoms with Gasteiger partial charge in [-0.15, -0.1) is 0 Å². The highest BCUT2D eigenvalue weighted by molar-refractivity contribution is 7.89. The Morgan fingerprint density at radius 2 is 2.19 bits per heavy atom. The number of hydrogen-bond donors (Lipinski definition) is 2. The van der Waals surface area contributed by atoms with Crippen LogP contribution in [0, 0.1) is 12.7 Å². The average Bonchev–Trinajstić information content (AvgIpc) is 2.88. The summed E-state index contributed by atoms with van der Waals surface area (Å²) >= 11 is 0. The minimum Gasteiger partial charge on any atom is -0.398 e. The van der Waals surface area contributed by atoms with Gasteiger partial charge in [-0.2, -0.15) is 0 Å². The number of nitrogen functional groups attached to an aromatic ring is 1. The standard InChI is InChI=1S/C14H22FN3O2S/c1-3-18-6-4-5-11(18)9-17-21(19,20)14-8-13(16)10(2)7-12(14)15/h7-8,11,17H,3-6,9,16H2,1-2H3. The normalized spacial score (nSPS) is 20.0. The van der Waals surface area contributed by atoms with Gasteiger partial charge in [0.1, 0.15) is 10.7 Å². The Hall–Kier alpha value is -1.18. The Labute approximate surface area is 125 Å². The summed E-state index contributed by atoms with van der Waals surface area (Å²) in [6.07, 6.45) is 2.01. The first-order valence-corrected chi connectivity index (χ1v) is 8.62. The lowest BCUT2D eigenvalue weighted by atomic mass is 10.2. The molecule has 1 fully saturated rings. The summed E-state index contributed by atoms with van der Waals surface area (Å²) in [4.78, 5) is 1.84. The van der Waals surface area contributed by atoms with Crippen LogP contribution in [0.2, 0.25) is 0 Å². The van der Waals surface area contributed by atoms with E-state index in [9.17, 15) is 12.8 Å². The van der Waals surface area contributed by atoms with Gasteiger partial charge in [0.2, 0.25) is 10.0 Å². The molecule has 1 heterocycles. The first-order chi connectivity index (χ1) is 9.85. The molecule has 2 rings (SSSR count). The molecule has 1 aliphatic rings. The van der Waals surface area contributed by atoms with Crippen LogP contribution < -0.4 is 10.5 Å². The maximum Gasteiger partial charge on any atom is 0.243 e. The summed E-state index contributed by atoms with van der Waals surface area (Å²) in [5, 5.41) is 0. The molecule has 1 aromatic carbocycles. The minimum absolute atomic E-state index is 0.177. The zero-order valence-corrected chi connectivity index (χ0v) is 13.2. The molecule has 0 bridgehead atoms. The van der Waals surface area contributed by atoms with E-state index < -0.39 is 15.8 Å². The van der Waals surface area contributed by atoms with Crippen LogP contribution in [0.3, 0.4) is 0 Å². The lowest BCUT2D eigenvalue weighted by Crippen LogP contribution is -2.40. The van der Waals surface area contributed by atoms with Crippen molar-refractivity contribution >= 4 is 15.7 Å². The average molecular weight is 315 g/mol. The molecular formula is C14H22FN3O2S. The quantitative estimate of drug-likeness (QED) is 0.807. The number of halogens is 1. The summed E-state index contributed by atoms with van der Waals surface area (Å²) in [6.45, 7) is 5.85. The number of likely N-dealkylation sites (tertiary alicyclic amines) is 1. The van der Waals surface area contributed by atoms with Crippen molar-refractivity contribution in [2.24, 2.45) is 0 Å². The van der Waals surface area contributed by atoms with E-state index in [-0.39, 0.29) is 16.6 Å². The number of anilines is 1. The van der Waals surface area contributed by atoms with Gasteiger partial charge in [0.05, 0.1) is 0 Å². The molecule has 1 aromatic rings. The fraction of sp³-hybridized carbons (Fsp3) is 0.571. The van der Waals surface area contributed by atoms with E-state index in [1.165, 1.54) is 6.07 Å². The first kappa shape index (κ1) is 16.2. The van der Waals surface area contributed by atoms with Crippen LogP contribution in [0.5, 0.6) is 0 Å². The van der Waals surface area contributed by atoms with Gasteiger partial charge in [0.25, 0.3) is 0 Å². The van der Waals surface area contributed by atoms with Crippen LogP contribution in [0.15, 0.2) is 17.0 Å². The van der Waals surface area contributed by atoms with Gasteiger partial charge in [-0.25, -0.2) is 17.5 Å². The molecule has 1 atom stereocenters. The molecule has 0 radical (unpaired) electrons. The molecule has 21 heavy (non-hydrogen) atoms. The molecule has 0 amide bonds. The molecular weight excluding hydrogens is 293 g/mol. The molecule has 7 heteroatoms. The summed E-state index contributed by atoms with van der Waals surface area (Å²) in [5.74, 6) is -0.770. The number of rotatable bonds is 5. The highest BCUT2D eigenvalue weighted by Gasteiger charge is 2.26. The van der Waals surface area contributed by atoms with E-state index in [0.29, 0.717) is 12.1 Å². The van der Waals surface area contributed by atoms with Crippen LogP contribution in [0.25, 0.3) is 0 Å². The monoisotopic (exact) mass is 315 g/mol. The SMILES string of the molecule is CCN1CCCC1CNS(=O)(=O)c1cc(N)c(C)cc1F. The predicted octanol–water partition coefficient (Wildman–Crippen LogP) is 1.48. The van der Waals surface area contributed by atoms with Crippen LogP contribution >= 0.6 is 0 Å². The largest absolute Gasteiger partial charge is 0.398 e. The predicted molar refractivity (Wildman–Crippen MR) is 81.0 cm³/mol. The third-order valence-electron chi connectivity index (χ3n) is 4.02. The fourth-order valence-corrected chi connectivity index (χ4v) is 3.87. The molecule has 118 valence electrons. The Kier molecular flexibility index (Phi) is 4.85. The van der Waals surface area contributed by atoms with Gasteiger partial charge in [0.15, 0.2) is 0 Å². The molecule has 1 saturated heterocycles. The van der Waals surface area contributed by atoms with Crippen molar-refractivity contribution in [2.75, 3.05) is 25.4 Å². The number of aryl methyl sites for hydroxylation is 1.